The highest BCUT2D eigenvalue weighted by molar-refractivity contribution is 8.00. The van der Waals surface area contributed by atoms with Crippen LogP contribution in [0, 0.1) is 6.92 Å². The molecule has 0 aliphatic carbocycles. The minimum atomic E-state index is -4.89. The number of amides is 1. The van der Waals surface area contributed by atoms with Gasteiger partial charge in [0.1, 0.15) is 17.4 Å². The first-order chi connectivity index (χ1) is 20.3. The number of rotatable bonds is 6. The van der Waals surface area contributed by atoms with Gasteiger partial charge in [-0.1, -0.05) is 23.7 Å². The van der Waals surface area contributed by atoms with Crippen molar-refractivity contribution in [3.05, 3.63) is 74.2 Å². The molecule has 2 aliphatic rings. The van der Waals surface area contributed by atoms with E-state index in [0.29, 0.717) is 65.1 Å². The third-order valence-corrected chi connectivity index (χ3v) is 10.7. The van der Waals surface area contributed by atoms with Crippen molar-refractivity contribution < 1.29 is 27.8 Å². The second kappa shape index (κ2) is 11.1. The van der Waals surface area contributed by atoms with Crippen molar-refractivity contribution >= 4 is 51.7 Å². The van der Waals surface area contributed by atoms with E-state index in [4.69, 9.17) is 16.3 Å². The average molecular weight is 651 g/mol. The lowest BCUT2D eigenvalue weighted by Crippen LogP contribution is -2.41. The number of ether oxygens (including phenoxy) is 1. The number of benzene rings is 2. The Morgan fingerprint density at radius 1 is 1.21 bits per heavy atom. The number of aromatic nitrogens is 3. The standard InChI is InChI=1S/C29H26ClF3N4O4S2/c1-15-35-22-10-21(25-34-12-24(43-25)28(2,40)29(31,32)33)23(42-19-7-8-36-18(9-19)14-41-27(36)39)11-20(22)26(38)37(15)13-16-3-5-17(30)6-4-16/h3-6,10-12,18-19,40H,7-9,13-14H2,1-2H3/t18-,19-,28+/m0/s1. The number of thioether (sulfide) groups is 1. The molecule has 2 aromatic heterocycles. The zero-order valence-corrected chi connectivity index (χ0v) is 25.4. The van der Waals surface area contributed by atoms with Crippen LogP contribution in [0.1, 0.15) is 36.0 Å². The topological polar surface area (TPSA) is 97.6 Å². The number of carbonyl (C=O) groups is 1. The number of aryl methyl sites for hydroxylation is 1. The molecule has 6 rings (SSSR count). The molecule has 8 nitrogen and oxygen atoms in total. The van der Waals surface area contributed by atoms with Gasteiger partial charge in [0.2, 0.25) is 0 Å². The average Bonchev–Trinajstić information content (AvgIpc) is 3.59. The predicted molar refractivity (Wildman–Crippen MR) is 159 cm³/mol. The Labute approximate surface area is 257 Å². The predicted octanol–water partition coefficient (Wildman–Crippen LogP) is 6.38. The number of fused-ring (bicyclic) bond motifs is 2. The second-order valence-corrected chi connectivity index (χ2v) is 13.6. The maximum Gasteiger partial charge on any atom is 0.422 e. The molecule has 0 unspecified atom stereocenters. The number of alkyl halides is 3. The van der Waals surface area contributed by atoms with E-state index in [1.807, 2.05) is 12.1 Å². The second-order valence-electron chi connectivity index (χ2n) is 10.8. The first-order valence-electron chi connectivity index (χ1n) is 13.5. The summed E-state index contributed by atoms with van der Waals surface area (Å²) in [6, 6.07) is 10.5. The number of piperidine rings is 1. The third-order valence-electron chi connectivity index (χ3n) is 7.86. The molecule has 4 heterocycles. The van der Waals surface area contributed by atoms with Crippen LogP contribution in [0.15, 0.2) is 52.3 Å². The molecular weight excluding hydrogens is 625 g/mol. The summed E-state index contributed by atoms with van der Waals surface area (Å²) in [7, 11) is 0. The van der Waals surface area contributed by atoms with Gasteiger partial charge in [0.15, 0.2) is 5.60 Å². The van der Waals surface area contributed by atoms with Crippen LogP contribution in [0.2, 0.25) is 5.02 Å². The lowest BCUT2D eigenvalue weighted by Gasteiger charge is -2.32. The molecule has 4 aromatic rings. The zero-order valence-electron chi connectivity index (χ0n) is 23.0. The Bertz CT molecular complexity index is 1770. The molecule has 3 atom stereocenters. The van der Waals surface area contributed by atoms with E-state index in [9.17, 15) is 27.9 Å². The Hall–Kier alpha value is -3.13. The Kier molecular flexibility index (Phi) is 7.72. The van der Waals surface area contributed by atoms with E-state index in [0.717, 1.165) is 23.1 Å². The first-order valence-corrected chi connectivity index (χ1v) is 15.5. The number of nitrogens with zero attached hydrogens (tertiary/aromatic N) is 4. The summed E-state index contributed by atoms with van der Waals surface area (Å²) in [4.78, 5) is 36.8. The summed E-state index contributed by atoms with van der Waals surface area (Å²) in [5.74, 6) is 0.469. The van der Waals surface area contributed by atoms with Gasteiger partial charge in [0, 0.05) is 33.5 Å². The lowest BCUT2D eigenvalue weighted by molar-refractivity contribution is -0.257. The van der Waals surface area contributed by atoms with Gasteiger partial charge in [0.25, 0.3) is 5.56 Å². The molecule has 0 bridgehead atoms. The van der Waals surface area contributed by atoms with Crippen molar-refractivity contribution in [1.29, 1.82) is 0 Å². The van der Waals surface area contributed by atoms with Crippen molar-refractivity contribution in [2.24, 2.45) is 0 Å². The SMILES string of the molecule is Cc1nc2cc(-c3ncc([C@@](C)(O)C(F)(F)F)s3)c(S[C@H]3CCN4C(=O)OC[C@@H]4C3)cc2c(=O)n1Cc1ccc(Cl)cc1. The highest BCUT2D eigenvalue weighted by Gasteiger charge is 2.52. The fourth-order valence-corrected chi connectivity index (χ4v) is 7.87. The molecule has 2 aliphatic heterocycles. The molecule has 2 saturated heterocycles. The fourth-order valence-electron chi connectivity index (χ4n) is 5.30. The van der Waals surface area contributed by atoms with Crippen LogP contribution in [0.25, 0.3) is 21.5 Å². The van der Waals surface area contributed by atoms with Crippen LogP contribution in [0.3, 0.4) is 0 Å². The quantitative estimate of drug-likeness (QED) is 0.259. The molecule has 2 aromatic carbocycles. The van der Waals surface area contributed by atoms with Gasteiger partial charge in [0.05, 0.1) is 28.4 Å². The smallest absolute Gasteiger partial charge is 0.422 e. The van der Waals surface area contributed by atoms with E-state index >= 15 is 0 Å². The van der Waals surface area contributed by atoms with Crippen LogP contribution < -0.4 is 5.56 Å². The van der Waals surface area contributed by atoms with Gasteiger partial charge in [-0.2, -0.15) is 13.2 Å². The molecule has 226 valence electrons. The normalized spacial score (nSPS) is 20.3. The first kappa shape index (κ1) is 29.9. The van der Waals surface area contributed by atoms with Crippen LogP contribution in [0.4, 0.5) is 18.0 Å². The summed E-state index contributed by atoms with van der Waals surface area (Å²) < 4.78 is 47.6. The molecule has 1 N–H and O–H groups in total. The van der Waals surface area contributed by atoms with E-state index in [-0.39, 0.29) is 39.4 Å². The van der Waals surface area contributed by atoms with Crippen molar-refractivity contribution in [1.82, 2.24) is 19.4 Å². The maximum atomic E-state index is 13.8. The van der Waals surface area contributed by atoms with Crippen molar-refractivity contribution in [3.8, 4) is 10.6 Å². The van der Waals surface area contributed by atoms with Crippen LogP contribution in [0.5, 0.6) is 0 Å². The van der Waals surface area contributed by atoms with Crippen LogP contribution in [-0.2, 0) is 16.9 Å². The van der Waals surface area contributed by atoms with Gasteiger partial charge in [-0.3, -0.25) is 9.36 Å². The maximum absolute atomic E-state index is 13.8. The largest absolute Gasteiger partial charge is 0.447 e. The summed E-state index contributed by atoms with van der Waals surface area (Å²) in [5, 5.41) is 11.5. The molecule has 0 radical (unpaired) electrons. The molecule has 1 amide bonds. The zero-order chi connectivity index (χ0) is 30.7. The van der Waals surface area contributed by atoms with Gasteiger partial charge in [-0.05, 0) is 56.5 Å². The van der Waals surface area contributed by atoms with Crippen LogP contribution >= 0.6 is 34.7 Å². The van der Waals surface area contributed by atoms with E-state index in [1.165, 1.54) is 11.8 Å². The fraction of sp³-hybridized carbons (Fsp3) is 0.379. The lowest BCUT2D eigenvalue weighted by atomic mass is 10.0. The van der Waals surface area contributed by atoms with E-state index in [1.54, 1.807) is 40.7 Å². The summed E-state index contributed by atoms with van der Waals surface area (Å²) in [5.41, 5.74) is -1.55. The number of carbonyl (C=O) groups excluding carboxylic acids is 1. The molecule has 43 heavy (non-hydrogen) atoms. The van der Waals surface area contributed by atoms with Crippen LogP contribution in [-0.4, -0.2) is 61.3 Å². The molecule has 2 fully saturated rings. The monoisotopic (exact) mass is 650 g/mol. The minimum Gasteiger partial charge on any atom is -0.447 e. The number of hydrogen-bond donors (Lipinski definition) is 1. The van der Waals surface area contributed by atoms with Gasteiger partial charge in [-0.25, -0.2) is 14.8 Å². The molecule has 0 spiro atoms. The van der Waals surface area contributed by atoms with Gasteiger partial charge < -0.3 is 14.7 Å². The Morgan fingerprint density at radius 3 is 2.67 bits per heavy atom. The van der Waals surface area contributed by atoms with E-state index in [2.05, 4.69) is 9.97 Å². The summed E-state index contributed by atoms with van der Waals surface area (Å²) in [6.07, 6.45) is -2.84. The molecular formula is C29H26ClF3N4O4S2. The summed E-state index contributed by atoms with van der Waals surface area (Å²) in [6.45, 7) is 3.54. The highest BCUT2D eigenvalue weighted by atomic mass is 35.5. The van der Waals surface area contributed by atoms with E-state index < -0.39 is 11.8 Å². The third kappa shape index (κ3) is 5.63. The Morgan fingerprint density at radius 2 is 1.95 bits per heavy atom. The summed E-state index contributed by atoms with van der Waals surface area (Å²) >= 11 is 8.26. The highest BCUT2D eigenvalue weighted by Crippen LogP contribution is 2.45. The molecule has 14 heteroatoms. The Balaban J connectivity index is 1.43. The van der Waals surface area contributed by atoms with Crippen molar-refractivity contribution in [3.63, 3.8) is 0 Å². The van der Waals surface area contributed by atoms with Gasteiger partial charge in [-0.15, -0.1) is 23.1 Å². The van der Waals surface area contributed by atoms with Crippen molar-refractivity contribution in [2.45, 2.75) is 61.2 Å². The number of aliphatic hydroxyl groups is 1. The number of thiazole rings is 1. The molecule has 0 saturated carbocycles. The van der Waals surface area contributed by atoms with Crippen molar-refractivity contribution in [2.75, 3.05) is 13.2 Å². The number of halogens is 4. The number of cyclic esters (lactones) is 1. The number of hydrogen-bond acceptors (Lipinski definition) is 8. The van der Waals surface area contributed by atoms with Gasteiger partial charge >= 0.3 is 12.3 Å². The minimum absolute atomic E-state index is 0.0550.